The summed E-state index contributed by atoms with van der Waals surface area (Å²) in [6.07, 6.45) is -2.71. The first-order valence-electron chi connectivity index (χ1n) is 3.93. The Bertz CT molecular complexity index is 317. The molecule has 1 atom stereocenters. The lowest BCUT2D eigenvalue weighted by molar-refractivity contribution is 0.116. The second-order valence-corrected chi connectivity index (χ2v) is 2.75. The maximum Gasteiger partial charge on any atom is 0.257 e. The summed E-state index contributed by atoms with van der Waals surface area (Å²) in [6, 6.07) is 2.08. The Kier molecular flexibility index (Phi) is 3.35. The molecule has 0 aromatic heterocycles. The van der Waals surface area contributed by atoms with Crippen LogP contribution < -0.4 is 10.5 Å². The zero-order valence-corrected chi connectivity index (χ0v) is 7.51. The number of nitrogens with two attached hydrogens (primary N) is 1. The molecule has 2 nitrogen and oxygen atoms in total. The monoisotopic (exact) mass is 205 g/mol. The lowest BCUT2D eigenvalue weighted by Crippen LogP contribution is -2.19. The molecule has 0 heterocycles. The predicted molar refractivity (Wildman–Crippen MR) is 45.9 cm³/mol. The zero-order valence-electron chi connectivity index (χ0n) is 7.51. The van der Waals surface area contributed by atoms with Crippen molar-refractivity contribution in [2.24, 2.45) is 5.73 Å². The Labute approximate surface area is 79.5 Å². The Balaban J connectivity index is 2.96. The molecule has 14 heavy (non-hydrogen) atoms. The van der Waals surface area contributed by atoms with Crippen LogP contribution in [0, 0.1) is 5.82 Å². The summed E-state index contributed by atoms with van der Waals surface area (Å²) in [4.78, 5) is 0. The lowest BCUT2D eigenvalue weighted by Gasteiger charge is -2.11. The van der Waals surface area contributed by atoms with Crippen molar-refractivity contribution in [2.75, 3.05) is 7.11 Å². The van der Waals surface area contributed by atoms with E-state index in [0.717, 1.165) is 6.07 Å². The third-order valence-electron chi connectivity index (χ3n) is 1.83. The first-order valence-corrected chi connectivity index (χ1v) is 3.93. The van der Waals surface area contributed by atoms with Gasteiger partial charge in [-0.15, -0.1) is 0 Å². The van der Waals surface area contributed by atoms with Gasteiger partial charge in [-0.1, -0.05) is 6.07 Å². The number of hydrogen-bond acceptors (Lipinski definition) is 2. The molecule has 0 saturated heterocycles. The van der Waals surface area contributed by atoms with Crippen LogP contribution in [0.15, 0.2) is 18.2 Å². The highest BCUT2D eigenvalue weighted by molar-refractivity contribution is 5.31. The van der Waals surface area contributed by atoms with Crippen molar-refractivity contribution in [1.82, 2.24) is 0 Å². The molecule has 0 fully saturated rings. The van der Waals surface area contributed by atoms with Crippen LogP contribution >= 0.6 is 0 Å². The number of halogens is 3. The Morgan fingerprint density at radius 1 is 1.36 bits per heavy atom. The minimum atomic E-state index is -2.71. The molecule has 0 saturated carbocycles. The minimum absolute atomic E-state index is 0.00946. The molecule has 0 radical (unpaired) electrons. The molecule has 0 aliphatic heterocycles. The molecule has 0 unspecified atom stereocenters. The van der Waals surface area contributed by atoms with Gasteiger partial charge in [0, 0.05) is 0 Å². The van der Waals surface area contributed by atoms with Gasteiger partial charge >= 0.3 is 0 Å². The van der Waals surface area contributed by atoms with E-state index in [-0.39, 0.29) is 11.3 Å². The minimum Gasteiger partial charge on any atom is -0.494 e. The molecule has 1 aromatic carbocycles. The van der Waals surface area contributed by atoms with Gasteiger partial charge in [0.2, 0.25) is 0 Å². The summed E-state index contributed by atoms with van der Waals surface area (Å²) in [7, 11) is 1.30. The van der Waals surface area contributed by atoms with Crippen molar-refractivity contribution in [1.29, 1.82) is 0 Å². The van der Waals surface area contributed by atoms with E-state index in [2.05, 4.69) is 4.74 Å². The fourth-order valence-electron chi connectivity index (χ4n) is 1.04. The third-order valence-corrected chi connectivity index (χ3v) is 1.83. The van der Waals surface area contributed by atoms with E-state index in [4.69, 9.17) is 5.73 Å². The average molecular weight is 205 g/mol. The SMILES string of the molecule is COc1ccc([C@H](N)C(F)F)cc1F. The Hall–Kier alpha value is -1.23. The third kappa shape index (κ3) is 2.17. The van der Waals surface area contributed by atoms with Crippen molar-refractivity contribution in [3.8, 4) is 5.75 Å². The van der Waals surface area contributed by atoms with E-state index in [1.807, 2.05) is 0 Å². The number of methoxy groups -OCH3 is 1. The molecule has 78 valence electrons. The van der Waals surface area contributed by atoms with Gasteiger partial charge in [0.25, 0.3) is 6.43 Å². The molecule has 0 aliphatic rings. The number of alkyl halides is 2. The van der Waals surface area contributed by atoms with Crippen LogP contribution in [-0.2, 0) is 0 Å². The van der Waals surface area contributed by atoms with Gasteiger partial charge in [-0.05, 0) is 17.7 Å². The van der Waals surface area contributed by atoms with Crippen LogP contribution in [0.2, 0.25) is 0 Å². The van der Waals surface area contributed by atoms with Gasteiger partial charge in [-0.2, -0.15) is 0 Å². The van der Waals surface area contributed by atoms with Gasteiger partial charge in [0.15, 0.2) is 11.6 Å². The fraction of sp³-hybridized carbons (Fsp3) is 0.333. The molecule has 2 N–H and O–H groups in total. The molecule has 5 heteroatoms. The first kappa shape index (κ1) is 10.8. The van der Waals surface area contributed by atoms with Gasteiger partial charge in [0.05, 0.1) is 13.2 Å². The topological polar surface area (TPSA) is 35.2 Å². The highest BCUT2D eigenvalue weighted by Crippen LogP contribution is 2.23. The molecular weight excluding hydrogens is 195 g/mol. The van der Waals surface area contributed by atoms with Crippen molar-refractivity contribution >= 4 is 0 Å². The van der Waals surface area contributed by atoms with Crippen LogP contribution in [0.1, 0.15) is 11.6 Å². The highest BCUT2D eigenvalue weighted by Gasteiger charge is 2.18. The number of ether oxygens (including phenoxy) is 1. The summed E-state index contributed by atoms with van der Waals surface area (Å²) in [5.41, 5.74) is 5.19. The summed E-state index contributed by atoms with van der Waals surface area (Å²) in [6.45, 7) is 0. The van der Waals surface area contributed by atoms with Crippen molar-refractivity contribution in [2.45, 2.75) is 12.5 Å². The summed E-state index contributed by atoms with van der Waals surface area (Å²) in [5.74, 6) is -0.684. The van der Waals surface area contributed by atoms with Crippen LogP contribution in [-0.4, -0.2) is 13.5 Å². The van der Waals surface area contributed by atoms with Gasteiger partial charge < -0.3 is 10.5 Å². The smallest absolute Gasteiger partial charge is 0.257 e. The quantitative estimate of drug-likeness (QED) is 0.820. The van der Waals surface area contributed by atoms with Crippen molar-refractivity contribution < 1.29 is 17.9 Å². The van der Waals surface area contributed by atoms with Gasteiger partial charge in [-0.3, -0.25) is 0 Å². The second kappa shape index (κ2) is 4.32. The van der Waals surface area contributed by atoms with E-state index < -0.39 is 18.3 Å². The molecule has 1 aromatic rings. The second-order valence-electron chi connectivity index (χ2n) is 2.75. The molecule has 0 bridgehead atoms. The first-order chi connectivity index (χ1) is 6.56. The average Bonchev–Trinajstić information content (AvgIpc) is 2.16. The number of benzene rings is 1. The molecule has 0 aliphatic carbocycles. The van der Waals surface area contributed by atoms with Crippen LogP contribution in [0.3, 0.4) is 0 Å². The highest BCUT2D eigenvalue weighted by atomic mass is 19.3. The standard InChI is InChI=1S/C9H10F3NO/c1-14-7-3-2-5(4-6(7)10)8(13)9(11)12/h2-4,8-9H,13H2,1H3/t8-/m0/s1. The molecule has 0 amide bonds. The van der Waals surface area contributed by atoms with Gasteiger partial charge in [-0.25, -0.2) is 13.2 Å². The molecular formula is C9H10F3NO. The maximum absolute atomic E-state index is 13.0. The number of rotatable bonds is 3. The molecule has 0 spiro atoms. The van der Waals surface area contributed by atoms with Crippen molar-refractivity contribution in [3.63, 3.8) is 0 Å². The van der Waals surface area contributed by atoms with Crippen LogP contribution in [0.4, 0.5) is 13.2 Å². The largest absolute Gasteiger partial charge is 0.494 e. The maximum atomic E-state index is 13.0. The fourth-order valence-corrected chi connectivity index (χ4v) is 1.04. The lowest BCUT2D eigenvalue weighted by atomic mass is 10.1. The Morgan fingerprint density at radius 3 is 2.43 bits per heavy atom. The van der Waals surface area contributed by atoms with E-state index in [0.29, 0.717) is 0 Å². The number of hydrogen-bond donors (Lipinski definition) is 1. The summed E-state index contributed by atoms with van der Waals surface area (Å²) < 4.78 is 42.0. The van der Waals surface area contributed by atoms with E-state index >= 15 is 0 Å². The summed E-state index contributed by atoms with van der Waals surface area (Å²) in [5, 5.41) is 0. The zero-order chi connectivity index (χ0) is 10.7. The predicted octanol–water partition coefficient (Wildman–Crippen LogP) is 2.10. The molecule has 1 rings (SSSR count). The van der Waals surface area contributed by atoms with E-state index in [9.17, 15) is 13.2 Å². The van der Waals surface area contributed by atoms with E-state index in [1.165, 1.54) is 19.2 Å². The van der Waals surface area contributed by atoms with E-state index in [1.54, 1.807) is 0 Å². The van der Waals surface area contributed by atoms with Crippen molar-refractivity contribution in [3.05, 3.63) is 29.6 Å². The Morgan fingerprint density at radius 2 is 2.00 bits per heavy atom. The summed E-state index contributed by atoms with van der Waals surface area (Å²) >= 11 is 0. The van der Waals surface area contributed by atoms with Gasteiger partial charge in [0.1, 0.15) is 0 Å². The van der Waals surface area contributed by atoms with Crippen LogP contribution in [0.5, 0.6) is 5.75 Å². The van der Waals surface area contributed by atoms with Crippen LogP contribution in [0.25, 0.3) is 0 Å². The normalized spacial score (nSPS) is 13.0.